The third-order valence-electron chi connectivity index (χ3n) is 5.71. The maximum atomic E-state index is 12.2. The van der Waals surface area contributed by atoms with Crippen molar-refractivity contribution in [3.05, 3.63) is 24.3 Å². The molecular weight excluding hydrogens is 314 g/mol. The Labute approximate surface area is 150 Å². The standard InChI is InChI=1S/C20H31N3O2/c1-15-10-12-23(13-11-15)19-8-6-18(7-9-19)22-20(25)21-17-4-2-16(14-24)3-5-17/h6-9,15-17,24H,2-5,10-14H2,1H3,(H2,21,22,25). The number of urea groups is 1. The van der Waals surface area contributed by atoms with Crippen LogP contribution in [0.2, 0.25) is 0 Å². The molecule has 2 aliphatic rings. The number of amides is 2. The SMILES string of the molecule is CC1CCN(c2ccc(NC(=O)NC3CCC(CO)CC3)cc2)CC1. The van der Waals surface area contributed by atoms with Crippen LogP contribution in [0.15, 0.2) is 24.3 Å². The van der Waals surface area contributed by atoms with Crippen molar-refractivity contribution in [2.75, 3.05) is 29.9 Å². The Morgan fingerprint density at radius 3 is 2.32 bits per heavy atom. The minimum absolute atomic E-state index is 0.132. The van der Waals surface area contributed by atoms with Gasteiger partial charge in [0, 0.05) is 37.1 Å². The molecule has 0 spiro atoms. The summed E-state index contributed by atoms with van der Waals surface area (Å²) in [7, 11) is 0. The number of aliphatic hydroxyl groups is 1. The highest BCUT2D eigenvalue weighted by molar-refractivity contribution is 5.89. The predicted molar refractivity (Wildman–Crippen MR) is 102 cm³/mol. The summed E-state index contributed by atoms with van der Waals surface area (Å²) >= 11 is 0. The topological polar surface area (TPSA) is 64.6 Å². The zero-order valence-corrected chi connectivity index (χ0v) is 15.2. The van der Waals surface area contributed by atoms with Crippen LogP contribution in [0.25, 0.3) is 0 Å². The van der Waals surface area contributed by atoms with Gasteiger partial charge in [0.1, 0.15) is 0 Å². The number of nitrogens with one attached hydrogen (secondary N) is 2. The second kappa shape index (κ2) is 8.56. The van der Waals surface area contributed by atoms with Crippen molar-refractivity contribution >= 4 is 17.4 Å². The van der Waals surface area contributed by atoms with Crippen LogP contribution in [0.3, 0.4) is 0 Å². The lowest BCUT2D eigenvalue weighted by Gasteiger charge is -2.32. The molecule has 0 aromatic heterocycles. The first-order valence-corrected chi connectivity index (χ1v) is 9.67. The van der Waals surface area contributed by atoms with Crippen molar-refractivity contribution < 1.29 is 9.90 Å². The summed E-state index contributed by atoms with van der Waals surface area (Å²) < 4.78 is 0. The lowest BCUT2D eigenvalue weighted by atomic mass is 9.87. The zero-order chi connectivity index (χ0) is 17.6. The number of aliphatic hydroxyl groups excluding tert-OH is 1. The van der Waals surface area contributed by atoms with Crippen molar-refractivity contribution in [2.24, 2.45) is 11.8 Å². The Morgan fingerprint density at radius 2 is 1.72 bits per heavy atom. The van der Waals surface area contributed by atoms with E-state index < -0.39 is 0 Å². The maximum Gasteiger partial charge on any atom is 0.319 e. The van der Waals surface area contributed by atoms with E-state index in [0.29, 0.717) is 5.92 Å². The van der Waals surface area contributed by atoms with Crippen LogP contribution in [0.5, 0.6) is 0 Å². The average Bonchev–Trinajstić information content (AvgIpc) is 2.64. The quantitative estimate of drug-likeness (QED) is 0.781. The van der Waals surface area contributed by atoms with Crippen LogP contribution in [0.4, 0.5) is 16.2 Å². The Hall–Kier alpha value is -1.75. The van der Waals surface area contributed by atoms with Crippen LogP contribution in [0.1, 0.15) is 45.4 Å². The first-order chi connectivity index (χ1) is 12.1. The summed E-state index contributed by atoms with van der Waals surface area (Å²) in [5.74, 6) is 1.24. The fourth-order valence-corrected chi connectivity index (χ4v) is 3.86. The van der Waals surface area contributed by atoms with E-state index in [1.54, 1.807) is 0 Å². The Balaban J connectivity index is 1.45. The largest absolute Gasteiger partial charge is 0.396 e. The molecule has 5 nitrogen and oxygen atoms in total. The van der Waals surface area contributed by atoms with Crippen molar-refractivity contribution in [1.29, 1.82) is 0 Å². The molecule has 3 N–H and O–H groups in total. The van der Waals surface area contributed by atoms with Gasteiger partial charge in [0.25, 0.3) is 0 Å². The van der Waals surface area contributed by atoms with E-state index in [0.717, 1.165) is 50.4 Å². The van der Waals surface area contributed by atoms with Crippen LogP contribution < -0.4 is 15.5 Å². The number of hydrogen-bond donors (Lipinski definition) is 3. The molecule has 0 radical (unpaired) electrons. The highest BCUT2D eigenvalue weighted by atomic mass is 16.3. The fourth-order valence-electron chi connectivity index (χ4n) is 3.86. The van der Waals surface area contributed by atoms with Gasteiger partial charge in [-0.1, -0.05) is 6.92 Å². The number of piperidine rings is 1. The van der Waals surface area contributed by atoms with E-state index in [2.05, 4.69) is 34.6 Å². The molecule has 1 aliphatic heterocycles. The van der Waals surface area contributed by atoms with Gasteiger partial charge < -0.3 is 20.6 Å². The highest BCUT2D eigenvalue weighted by Crippen LogP contribution is 2.25. The van der Waals surface area contributed by atoms with Gasteiger partial charge in [0.05, 0.1) is 0 Å². The molecule has 1 saturated carbocycles. The second-order valence-electron chi connectivity index (χ2n) is 7.72. The van der Waals surface area contributed by atoms with Gasteiger partial charge in [-0.2, -0.15) is 0 Å². The highest BCUT2D eigenvalue weighted by Gasteiger charge is 2.22. The minimum atomic E-state index is -0.132. The van der Waals surface area contributed by atoms with Gasteiger partial charge in [-0.25, -0.2) is 4.79 Å². The van der Waals surface area contributed by atoms with Gasteiger partial charge >= 0.3 is 6.03 Å². The number of benzene rings is 1. The van der Waals surface area contributed by atoms with E-state index in [1.807, 2.05) is 12.1 Å². The summed E-state index contributed by atoms with van der Waals surface area (Å²) in [6.07, 6.45) is 6.38. The summed E-state index contributed by atoms with van der Waals surface area (Å²) in [5, 5.41) is 15.2. The summed E-state index contributed by atoms with van der Waals surface area (Å²) in [6, 6.07) is 8.24. The lowest BCUT2D eigenvalue weighted by Crippen LogP contribution is -2.40. The molecule has 1 aromatic carbocycles. The first kappa shape index (κ1) is 18.1. The Kier molecular flexibility index (Phi) is 6.19. The number of anilines is 2. The van der Waals surface area contributed by atoms with Crippen LogP contribution in [-0.4, -0.2) is 36.9 Å². The summed E-state index contributed by atoms with van der Waals surface area (Å²) in [4.78, 5) is 14.6. The van der Waals surface area contributed by atoms with Crippen LogP contribution in [0, 0.1) is 11.8 Å². The Morgan fingerprint density at radius 1 is 1.08 bits per heavy atom. The van der Waals surface area contributed by atoms with E-state index >= 15 is 0 Å². The maximum absolute atomic E-state index is 12.2. The smallest absolute Gasteiger partial charge is 0.319 e. The molecule has 1 saturated heterocycles. The van der Waals surface area contributed by atoms with Crippen molar-refractivity contribution in [3.8, 4) is 0 Å². The predicted octanol–water partition coefficient (Wildman–Crippen LogP) is 3.60. The fraction of sp³-hybridized carbons (Fsp3) is 0.650. The molecule has 1 heterocycles. The van der Waals surface area contributed by atoms with Crippen LogP contribution >= 0.6 is 0 Å². The average molecular weight is 345 g/mol. The molecule has 3 rings (SSSR count). The van der Waals surface area contributed by atoms with Crippen molar-refractivity contribution in [1.82, 2.24) is 5.32 Å². The molecule has 25 heavy (non-hydrogen) atoms. The molecule has 5 heteroatoms. The number of nitrogens with zero attached hydrogens (tertiary/aromatic N) is 1. The molecule has 138 valence electrons. The van der Waals surface area contributed by atoms with E-state index in [1.165, 1.54) is 18.5 Å². The minimum Gasteiger partial charge on any atom is -0.396 e. The molecule has 0 bridgehead atoms. The monoisotopic (exact) mass is 345 g/mol. The first-order valence-electron chi connectivity index (χ1n) is 9.67. The van der Waals surface area contributed by atoms with E-state index in [9.17, 15) is 9.90 Å². The molecule has 1 aliphatic carbocycles. The lowest BCUT2D eigenvalue weighted by molar-refractivity contribution is 0.176. The van der Waals surface area contributed by atoms with E-state index in [-0.39, 0.29) is 18.7 Å². The third-order valence-corrected chi connectivity index (χ3v) is 5.71. The third kappa shape index (κ3) is 5.11. The van der Waals surface area contributed by atoms with Crippen molar-refractivity contribution in [2.45, 2.75) is 51.5 Å². The molecule has 1 aromatic rings. The second-order valence-corrected chi connectivity index (χ2v) is 7.72. The molecule has 2 fully saturated rings. The molecular formula is C20H31N3O2. The number of rotatable bonds is 4. The molecule has 2 amide bonds. The van der Waals surface area contributed by atoms with E-state index in [4.69, 9.17) is 0 Å². The van der Waals surface area contributed by atoms with Gasteiger partial charge in [0.2, 0.25) is 0 Å². The van der Waals surface area contributed by atoms with Gasteiger partial charge in [-0.05, 0) is 74.6 Å². The summed E-state index contributed by atoms with van der Waals surface area (Å²) in [6.45, 7) is 4.82. The van der Waals surface area contributed by atoms with Gasteiger partial charge in [-0.3, -0.25) is 0 Å². The summed E-state index contributed by atoms with van der Waals surface area (Å²) in [5.41, 5.74) is 2.07. The number of carbonyl (C=O) groups is 1. The zero-order valence-electron chi connectivity index (χ0n) is 15.2. The molecule has 0 unspecified atom stereocenters. The molecule has 0 atom stereocenters. The van der Waals surface area contributed by atoms with Crippen molar-refractivity contribution in [3.63, 3.8) is 0 Å². The van der Waals surface area contributed by atoms with Crippen LogP contribution in [-0.2, 0) is 0 Å². The number of carbonyl (C=O) groups excluding carboxylic acids is 1. The van der Waals surface area contributed by atoms with Gasteiger partial charge in [0.15, 0.2) is 0 Å². The normalized spacial score (nSPS) is 24.8. The Bertz CT molecular complexity index is 545. The van der Waals surface area contributed by atoms with Gasteiger partial charge in [-0.15, -0.1) is 0 Å². The number of hydrogen-bond acceptors (Lipinski definition) is 3.